The average molecular weight is 243 g/mol. The highest BCUT2D eigenvalue weighted by atomic mass is 16.6. The van der Waals surface area contributed by atoms with Crippen LogP contribution >= 0.6 is 0 Å². The Balaban J connectivity index is 2.09. The molecule has 3 heterocycles. The molecule has 0 aliphatic heterocycles. The monoisotopic (exact) mass is 243 g/mol. The molecule has 18 heavy (non-hydrogen) atoms. The smallest absolute Gasteiger partial charge is 0.140 e. The van der Waals surface area contributed by atoms with Crippen LogP contribution in [0.5, 0.6) is 0 Å². The van der Waals surface area contributed by atoms with E-state index in [4.69, 9.17) is 10.4 Å². The van der Waals surface area contributed by atoms with Crippen molar-refractivity contribution in [1.29, 1.82) is 0 Å². The average Bonchev–Trinajstić information content (AvgIpc) is 2.95. The molecule has 0 radical (unpaired) electrons. The summed E-state index contributed by atoms with van der Waals surface area (Å²) in [6.45, 7) is 2.95. The molecule has 3 aromatic rings. The highest BCUT2D eigenvalue weighted by Crippen LogP contribution is 2.20. The maximum absolute atomic E-state index is 5.74. The van der Waals surface area contributed by atoms with Gasteiger partial charge in [0, 0.05) is 24.3 Å². The third-order valence-corrected chi connectivity index (χ3v) is 3.00. The van der Waals surface area contributed by atoms with Crippen molar-refractivity contribution < 1.29 is 4.63 Å². The fourth-order valence-corrected chi connectivity index (χ4v) is 2.03. The molecule has 0 atom stereocenters. The number of nitrogens with zero attached hydrogens (tertiary/aromatic N) is 4. The number of hydrogen-bond donors (Lipinski definition) is 1. The summed E-state index contributed by atoms with van der Waals surface area (Å²) < 4.78 is 6.72. The van der Waals surface area contributed by atoms with E-state index in [1.807, 2.05) is 29.8 Å². The fourth-order valence-electron chi connectivity index (χ4n) is 2.03. The molecule has 0 saturated heterocycles. The molecule has 0 bridgehead atoms. The number of nitrogens with two attached hydrogens (primary N) is 1. The van der Waals surface area contributed by atoms with Gasteiger partial charge in [0.2, 0.25) is 0 Å². The second-order valence-electron chi connectivity index (χ2n) is 4.16. The van der Waals surface area contributed by atoms with Gasteiger partial charge in [-0.2, -0.15) is 0 Å². The first-order chi connectivity index (χ1) is 8.79. The van der Waals surface area contributed by atoms with E-state index in [0.29, 0.717) is 13.1 Å². The van der Waals surface area contributed by atoms with Gasteiger partial charge in [-0.3, -0.25) is 0 Å². The van der Waals surface area contributed by atoms with Gasteiger partial charge in [0.05, 0.1) is 6.54 Å². The van der Waals surface area contributed by atoms with Gasteiger partial charge in [-0.25, -0.2) is 9.61 Å². The number of fused-ring (bicyclic) bond motifs is 1. The molecule has 0 saturated carbocycles. The lowest BCUT2D eigenvalue weighted by Crippen LogP contribution is -2.01. The molecule has 6 nitrogen and oxygen atoms in total. The fraction of sp³-hybridized carbons (Fsp3) is 0.250. The Morgan fingerprint density at radius 1 is 1.39 bits per heavy atom. The number of aromatic nitrogens is 4. The number of hydrogen-bond acceptors (Lipinski definition) is 5. The zero-order chi connectivity index (χ0) is 12.5. The van der Waals surface area contributed by atoms with Gasteiger partial charge in [-0.05, 0) is 24.6 Å². The summed E-state index contributed by atoms with van der Waals surface area (Å²) in [4.78, 5) is 4.39. The van der Waals surface area contributed by atoms with Crippen LogP contribution in [0, 0.1) is 6.92 Å². The predicted octanol–water partition coefficient (Wildman–Crippen LogP) is 1.23. The largest absolute Gasteiger partial charge is 0.326 e. The van der Waals surface area contributed by atoms with E-state index in [0.717, 1.165) is 28.0 Å². The third kappa shape index (κ3) is 1.67. The van der Waals surface area contributed by atoms with Crippen LogP contribution < -0.4 is 5.73 Å². The highest BCUT2D eigenvalue weighted by molar-refractivity contribution is 5.80. The molecule has 0 fully saturated rings. The first-order valence-electron chi connectivity index (χ1n) is 5.70. The SMILES string of the molecule is Cc1nonc1Cn1cc(CN)c2cccnc21. The van der Waals surface area contributed by atoms with Gasteiger partial charge >= 0.3 is 0 Å². The Morgan fingerprint density at radius 3 is 3.00 bits per heavy atom. The summed E-state index contributed by atoms with van der Waals surface area (Å²) in [6, 6.07) is 3.93. The molecule has 3 rings (SSSR count). The zero-order valence-corrected chi connectivity index (χ0v) is 10.00. The van der Waals surface area contributed by atoms with E-state index in [2.05, 4.69) is 15.3 Å². The first kappa shape index (κ1) is 10.9. The zero-order valence-electron chi connectivity index (χ0n) is 10.00. The van der Waals surface area contributed by atoms with E-state index >= 15 is 0 Å². The second-order valence-corrected chi connectivity index (χ2v) is 4.16. The van der Waals surface area contributed by atoms with Crippen molar-refractivity contribution in [2.45, 2.75) is 20.0 Å². The molecule has 0 aliphatic carbocycles. The molecule has 3 aromatic heterocycles. The van der Waals surface area contributed by atoms with Crippen LogP contribution in [0.3, 0.4) is 0 Å². The van der Waals surface area contributed by atoms with Crippen LogP contribution in [-0.4, -0.2) is 19.9 Å². The van der Waals surface area contributed by atoms with Crippen molar-refractivity contribution in [1.82, 2.24) is 19.9 Å². The van der Waals surface area contributed by atoms with Crippen LogP contribution in [0.15, 0.2) is 29.2 Å². The number of rotatable bonds is 3. The molecular formula is C12H13N5O. The van der Waals surface area contributed by atoms with Gasteiger partial charge in [-0.1, -0.05) is 10.3 Å². The van der Waals surface area contributed by atoms with Gasteiger partial charge in [0.15, 0.2) is 0 Å². The third-order valence-electron chi connectivity index (χ3n) is 3.00. The van der Waals surface area contributed by atoms with Crippen molar-refractivity contribution >= 4 is 11.0 Å². The van der Waals surface area contributed by atoms with Gasteiger partial charge < -0.3 is 10.3 Å². The Hall–Kier alpha value is -2.21. The van der Waals surface area contributed by atoms with Crippen molar-refractivity contribution in [2.24, 2.45) is 5.73 Å². The highest BCUT2D eigenvalue weighted by Gasteiger charge is 2.11. The lowest BCUT2D eigenvalue weighted by molar-refractivity contribution is 0.300. The van der Waals surface area contributed by atoms with Crippen molar-refractivity contribution in [3.05, 3.63) is 41.5 Å². The Morgan fingerprint density at radius 2 is 2.28 bits per heavy atom. The summed E-state index contributed by atoms with van der Waals surface area (Å²) in [7, 11) is 0. The summed E-state index contributed by atoms with van der Waals surface area (Å²) in [5, 5.41) is 8.74. The maximum Gasteiger partial charge on any atom is 0.140 e. The molecule has 92 valence electrons. The summed E-state index contributed by atoms with van der Waals surface area (Å²) in [6.07, 6.45) is 3.78. The van der Waals surface area contributed by atoms with E-state index in [1.54, 1.807) is 6.20 Å². The first-order valence-corrected chi connectivity index (χ1v) is 5.70. The van der Waals surface area contributed by atoms with E-state index in [9.17, 15) is 0 Å². The topological polar surface area (TPSA) is 82.8 Å². The van der Waals surface area contributed by atoms with Crippen molar-refractivity contribution in [2.75, 3.05) is 0 Å². The standard InChI is InChI=1S/C12H13N5O/c1-8-11(16-18-15-8)7-17-6-9(5-13)10-3-2-4-14-12(10)17/h2-4,6H,5,7,13H2,1H3. The van der Waals surface area contributed by atoms with Gasteiger partial charge in [0.25, 0.3) is 0 Å². The molecule has 0 amide bonds. The number of pyridine rings is 1. The van der Waals surface area contributed by atoms with E-state index in [1.165, 1.54) is 0 Å². The maximum atomic E-state index is 5.74. The Labute approximate surface area is 103 Å². The molecular weight excluding hydrogens is 230 g/mol. The van der Waals surface area contributed by atoms with Crippen LogP contribution in [0.25, 0.3) is 11.0 Å². The minimum absolute atomic E-state index is 0.491. The Bertz CT molecular complexity index is 685. The van der Waals surface area contributed by atoms with Crippen LogP contribution in [0.1, 0.15) is 17.0 Å². The summed E-state index contributed by atoms with van der Waals surface area (Å²) >= 11 is 0. The minimum atomic E-state index is 0.491. The van der Waals surface area contributed by atoms with Crippen LogP contribution in [-0.2, 0) is 13.1 Å². The predicted molar refractivity (Wildman–Crippen MR) is 65.8 cm³/mol. The normalized spacial score (nSPS) is 11.2. The van der Waals surface area contributed by atoms with Crippen LogP contribution in [0.2, 0.25) is 0 Å². The quantitative estimate of drug-likeness (QED) is 0.748. The molecule has 0 unspecified atom stereocenters. The van der Waals surface area contributed by atoms with Crippen LogP contribution in [0.4, 0.5) is 0 Å². The van der Waals surface area contributed by atoms with E-state index in [-0.39, 0.29) is 0 Å². The lowest BCUT2D eigenvalue weighted by Gasteiger charge is -2.00. The number of aryl methyl sites for hydroxylation is 1. The second kappa shape index (κ2) is 4.23. The van der Waals surface area contributed by atoms with Crippen molar-refractivity contribution in [3.8, 4) is 0 Å². The van der Waals surface area contributed by atoms with Crippen molar-refractivity contribution in [3.63, 3.8) is 0 Å². The van der Waals surface area contributed by atoms with E-state index < -0.39 is 0 Å². The molecule has 2 N–H and O–H groups in total. The molecule has 0 aliphatic rings. The van der Waals surface area contributed by atoms with Gasteiger partial charge in [-0.15, -0.1) is 0 Å². The molecule has 6 heteroatoms. The Kier molecular flexibility index (Phi) is 2.56. The van der Waals surface area contributed by atoms with Gasteiger partial charge in [0.1, 0.15) is 17.0 Å². The lowest BCUT2D eigenvalue weighted by atomic mass is 10.2. The molecule has 0 spiro atoms. The summed E-state index contributed by atoms with van der Waals surface area (Å²) in [5.74, 6) is 0. The summed E-state index contributed by atoms with van der Waals surface area (Å²) in [5.41, 5.74) is 9.32. The minimum Gasteiger partial charge on any atom is -0.326 e. The molecule has 0 aromatic carbocycles.